The molecule has 0 radical (unpaired) electrons. The number of hydrogen-bond donors (Lipinski definition) is 0. The highest BCUT2D eigenvalue weighted by molar-refractivity contribution is 6.00. The van der Waals surface area contributed by atoms with Gasteiger partial charge < -0.3 is 9.80 Å². The molecule has 0 spiro atoms. The third kappa shape index (κ3) is 2.78. The number of piperazine rings is 1. The Morgan fingerprint density at radius 1 is 1.37 bits per heavy atom. The molecule has 1 atom stereocenters. The van der Waals surface area contributed by atoms with Gasteiger partial charge in [-0.25, -0.2) is 4.39 Å². The van der Waals surface area contributed by atoms with E-state index in [0.717, 1.165) is 25.3 Å². The maximum atomic E-state index is 13.7. The molecule has 0 aliphatic carbocycles. The summed E-state index contributed by atoms with van der Waals surface area (Å²) in [6.45, 7) is 8.14. The Morgan fingerprint density at radius 3 is 2.63 bits per heavy atom. The third-order valence-corrected chi connectivity index (χ3v) is 3.80. The van der Waals surface area contributed by atoms with Crippen LogP contribution in [0, 0.1) is 12.7 Å². The van der Waals surface area contributed by atoms with E-state index in [9.17, 15) is 9.18 Å². The van der Waals surface area contributed by atoms with Crippen LogP contribution in [0.2, 0.25) is 0 Å². The first kappa shape index (κ1) is 14.0. The van der Waals surface area contributed by atoms with Crippen molar-refractivity contribution in [3.63, 3.8) is 0 Å². The van der Waals surface area contributed by atoms with Gasteiger partial charge >= 0.3 is 0 Å². The fraction of sp³-hybridized carbons (Fsp3) is 0.533. The van der Waals surface area contributed by atoms with Crippen LogP contribution < -0.4 is 4.90 Å². The summed E-state index contributed by atoms with van der Waals surface area (Å²) in [7, 11) is 2.09. The van der Waals surface area contributed by atoms with E-state index in [1.165, 1.54) is 13.0 Å². The molecule has 104 valence electrons. The Balaban J connectivity index is 2.43. The predicted molar refractivity (Wildman–Crippen MR) is 75.4 cm³/mol. The molecular weight excluding hydrogens is 243 g/mol. The zero-order valence-electron chi connectivity index (χ0n) is 12.0. The minimum absolute atomic E-state index is 0.0833. The molecule has 0 saturated carbocycles. The Hall–Kier alpha value is -1.42. The number of Topliss-reactive ketones (excluding diaryl/α,β-unsaturated/α-hetero) is 1. The zero-order chi connectivity index (χ0) is 14.2. The van der Waals surface area contributed by atoms with Crippen molar-refractivity contribution >= 4 is 11.5 Å². The second-order valence-electron chi connectivity index (χ2n) is 5.48. The average Bonchev–Trinajstić information content (AvgIpc) is 2.32. The van der Waals surface area contributed by atoms with Crippen LogP contribution >= 0.6 is 0 Å². The zero-order valence-corrected chi connectivity index (χ0v) is 12.0. The number of carbonyl (C=O) groups excluding carboxylic acids is 1. The molecule has 1 aliphatic rings. The van der Waals surface area contributed by atoms with E-state index in [-0.39, 0.29) is 11.6 Å². The van der Waals surface area contributed by atoms with Gasteiger partial charge in [-0.05, 0) is 45.5 Å². The Kier molecular flexibility index (Phi) is 3.90. The van der Waals surface area contributed by atoms with Crippen molar-refractivity contribution < 1.29 is 9.18 Å². The lowest BCUT2D eigenvalue weighted by Gasteiger charge is -2.40. The van der Waals surface area contributed by atoms with Crippen LogP contribution in [0.1, 0.15) is 29.8 Å². The van der Waals surface area contributed by atoms with Crippen molar-refractivity contribution in [1.29, 1.82) is 0 Å². The van der Waals surface area contributed by atoms with E-state index in [4.69, 9.17) is 0 Å². The molecule has 2 rings (SSSR count). The van der Waals surface area contributed by atoms with Crippen LogP contribution in [0.15, 0.2) is 12.1 Å². The first-order valence-corrected chi connectivity index (χ1v) is 6.66. The first-order valence-electron chi connectivity index (χ1n) is 6.66. The van der Waals surface area contributed by atoms with Gasteiger partial charge in [-0.2, -0.15) is 0 Å². The third-order valence-electron chi connectivity index (χ3n) is 3.80. The molecule has 1 fully saturated rings. The van der Waals surface area contributed by atoms with E-state index >= 15 is 0 Å². The van der Waals surface area contributed by atoms with E-state index < -0.39 is 0 Å². The molecule has 1 aliphatic heterocycles. The SMILES string of the molecule is CC(=O)c1cc(F)c(C)cc1N1CCN(C)CC1C. The van der Waals surface area contributed by atoms with Gasteiger partial charge in [-0.15, -0.1) is 0 Å². The van der Waals surface area contributed by atoms with Crippen molar-refractivity contribution in [1.82, 2.24) is 4.90 Å². The van der Waals surface area contributed by atoms with Crippen molar-refractivity contribution in [2.24, 2.45) is 0 Å². The number of carbonyl (C=O) groups is 1. The highest BCUT2D eigenvalue weighted by Crippen LogP contribution is 2.28. The summed E-state index contributed by atoms with van der Waals surface area (Å²) in [5.41, 5.74) is 1.94. The van der Waals surface area contributed by atoms with Crippen LogP contribution in [0.3, 0.4) is 0 Å². The number of benzene rings is 1. The number of nitrogens with zero attached hydrogens (tertiary/aromatic N) is 2. The van der Waals surface area contributed by atoms with Crippen molar-refractivity contribution in [2.75, 3.05) is 31.6 Å². The Bertz CT molecular complexity index is 501. The molecule has 1 saturated heterocycles. The maximum absolute atomic E-state index is 13.7. The average molecular weight is 264 g/mol. The fourth-order valence-corrected chi connectivity index (χ4v) is 2.68. The summed E-state index contributed by atoms with van der Waals surface area (Å²) in [5, 5.41) is 0. The molecule has 0 bridgehead atoms. The van der Waals surface area contributed by atoms with Crippen LogP contribution in [0.25, 0.3) is 0 Å². The molecule has 0 amide bonds. The second kappa shape index (κ2) is 5.29. The lowest BCUT2D eigenvalue weighted by atomic mass is 10.0. The molecule has 1 aromatic carbocycles. The molecule has 19 heavy (non-hydrogen) atoms. The van der Waals surface area contributed by atoms with E-state index in [0.29, 0.717) is 17.2 Å². The summed E-state index contributed by atoms with van der Waals surface area (Å²) < 4.78 is 13.7. The predicted octanol–water partition coefficient (Wildman–Crippen LogP) is 2.48. The van der Waals surface area contributed by atoms with Crippen LogP contribution in [0.5, 0.6) is 0 Å². The molecule has 1 aromatic rings. The summed E-state index contributed by atoms with van der Waals surface area (Å²) >= 11 is 0. The second-order valence-corrected chi connectivity index (χ2v) is 5.48. The largest absolute Gasteiger partial charge is 0.366 e. The molecule has 0 N–H and O–H groups in total. The quantitative estimate of drug-likeness (QED) is 0.767. The molecule has 0 aromatic heterocycles. The number of aryl methyl sites for hydroxylation is 1. The summed E-state index contributed by atoms with van der Waals surface area (Å²) in [6, 6.07) is 3.49. The number of ketones is 1. The summed E-state index contributed by atoms with van der Waals surface area (Å²) in [6.07, 6.45) is 0. The molecule has 3 nitrogen and oxygen atoms in total. The molecule has 4 heteroatoms. The monoisotopic (exact) mass is 264 g/mol. The van der Waals surface area contributed by atoms with Crippen molar-refractivity contribution in [2.45, 2.75) is 26.8 Å². The van der Waals surface area contributed by atoms with Crippen molar-refractivity contribution in [3.8, 4) is 0 Å². The Labute approximate surface area is 114 Å². The summed E-state index contributed by atoms with van der Waals surface area (Å²) in [4.78, 5) is 16.2. The van der Waals surface area contributed by atoms with Gasteiger partial charge in [0.25, 0.3) is 0 Å². The number of likely N-dealkylation sites (N-methyl/N-ethyl adjacent to an activating group) is 1. The minimum Gasteiger partial charge on any atom is -0.366 e. The molecule has 1 heterocycles. The maximum Gasteiger partial charge on any atom is 0.161 e. The standard InChI is InChI=1S/C15H21FN2O/c1-10-7-15(13(12(3)19)8-14(10)16)18-6-5-17(4)9-11(18)2/h7-8,11H,5-6,9H2,1-4H3. The van der Waals surface area contributed by atoms with Gasteiger partial charge in [-0.3, -0.25) is 4.79 Å². The van der Waals surface area contributed by atoms with Crippen LogP contribution in [0.4, 0.5) is 10.1 Å². The van der Waals surface area contributed by atoms with E-state index in [1.807, 2.05) is 0 Å². The molecular formula is C15H21FN2O. The minimum atomic E-state index is -0.310. The van der Waals surface area contributed by atoms with Gasteiger partial charge in [0.2, 0.25) is 0 Å². The van der Waals surface area contributed by atoms with Gasteiger partial charge in [-0.1, -0.05) is 0 Å². The fourth-order valence-electron chi connectivity index (χ4n) is 2.68. The number of halogens is 1. The number of rotatable bonds is 2. The number of anilines is 1. The van der Waals surface area contributed by atoms with Gasteiger partial charge in [0.05, 0.1) is 0 Å². The normalized spacial score (nSPS) is 20.7. The summed E-state index contributed by atoms with van der Waals surface area (Å²) in [5.74, 6) is -0.393. The lowest BCUT2D eigenvalue weighted by molar-refractivity contribution is 0.101. The topological polar surface area (TPSA) is 23.6 Å². The molecule has 1 unspecified atom stereocenters. The van der Waals surface area contributed by atoms with Gasteiger partial charge in [0.15, 0.2) is 5.78 Å². The smallest absolute Gasteiger partial charge is 0.161 e. The van der Waals surface area contributed by atoms with Crippen LogP contribution in [-0.2, 0) is 0 Å². The lowest BCUT2D eigenvalue weighted by Crippen LogP contribution is -2.51. The van der Waals surface area contributed by atoms with E-state index in [2.05, 4.69) is 23.8 Å². The van der Waals surface area contributed by atoms with Gasteiger partial charge in [0, 0.05) is 36.9 Å². The highest BCUT2D eigenvalue weighted by atomic mass is 19.1. The van der Waals surface area contributed by atoms with E-state index in [1.54, 1.807) is 13.0 Å². The first-order chi connectivity index (χ1) is 8.90. The van der Waals surface area contributed by atoms with Gasteiger partial charge in [0.1, 0.15) is 5.82 Å². The Morgan fingerprint density at radius 2 is 2.05 bits per heavy atom. The number of hydrogen-bond acceptors (Lipinski definition) is 3. The highest BCUT2D eigenvalue weighted by Gasteiger charge is 2.25. The van der Waals surface area contributed by atoms with Crippen LogP contribution in [-0.4, -0.2) is 43.4 Å². The van der Waals surface area contributed by atoms with Crippen molar-refractivity contribution in [3.05, 3.63) is 29.1 Å².